The van der Waals surface area contributed by atoms with Gasteiger partial charge in [-0.2, -0.15) is 8.78 Å². The number of halogens is 2. The Bertz CT molecular complexity index is 1330. The minimum atomic E-state index is -5.75. The summed E-state index contributed by atoms with van der Waals surface area (Å²) in [6.07, 6.45) is 1.92. The van der Waals surface area contributed by atoms with Crippen molar-refractivity contribution in [2.45, 2.75) is 57.8 Å². The number of amides is 3. The monoisotopic (exact) mass is 601 g/mol. The van der Waals surface area contributed by atoms with E-state index in [2.05, 4.69) is 5.32 Å². The lowest BCUT2D eigenvalue weighted by atomic mass is 9.85. The van der Waals surface area contributed by atoms with Crippen molar-refractivity contribution in [3.05, 3.63) is 34.7 Å². The average Bonchev–Trinajstić information content (AvgIpc) is 3.44. The Balaban J connectivity index is 1.54. The molecule has 4 rings (SSSR count). The summed E-state index contributed by atoms with van der Waals surface area (Å²) >= 11 is 1.01. The molecule has 10 nitrogen and oxygen atoms in total. The van der Waals surface area contributed by atoms with Crippen molar-refractivity contribution in [2.75, 3.05) is 32.8 Å². The van der Waals surface area contributed by atoms with Crippen molar-refractivity contribution >= 4 is 46.7 Å². The number of alkyl halides is 2. The van der Waals surface area contributed by atoms with Crippen LogP contribution in [0.5, 0.6) is 0 Å². The van der Waals surface area contributed by atoms with Crippen LogP contribution in [0.2, 0.25) is 0 Å². The van der Waals surface area contributed by atoms with E-state index in [1.165, 1.54) is 12.1 Å². The van der Waals surface area contributed by atoms with E-state index in [1.807, 2.05) is 0 Å². The van der Waals surface area contributed by atoms with Crippen molar-refractivity contribution in [3.63, 3.8) is 0 Å². The first-order chi connectivity index (χ1) is 18.6. The molecule has 0 spiro atoms. The van der Waals surface area contributed by atoms with Gasteiger partial charge in [0, 0.05) is 36.5 Å². The first kappa shape index (κ1) is 30.5. The molecule has 40 heavy (non-hydrogen) atoms. The molecule has 2 aromatic rings. The summed E-state index contributed by atoms with van der Waals surface area (Å²) in [5.74, 6) is -1.08. The predicted molar refractivity (Wildman–Crippen MR) is 145 cm³/mol. The highest BCUT2D eigenvalue weighted by molar-refractivity contribution is 7.52. The second-order valence-electron chi connectivity index (χ2n) is 11.2. The number of hydrogen-bond donors (Lipinski definition) is 3. The van der Waals surface area contributed by atoms with Gasteiger partial charge in [-0.1, -0.05) is 26.8 Å². The predicted octanol–water partition coefficient (Wildman–Crippen LogP) is 3.51. The summed E-state index contributed by atoms with van der Waals surface area (Å²) in [6, 6.07) is 2.90. The minimum Gasteiger partial charge on any atom is -0.380 e. The summed E-state index contributed by atoms with van der Waals surface area (Å²) in [6.45, 7) is 7.85. The highest BCUT2D eigenvalue weighted by atomic mass is 32.1. The Morgan fingerprint density at radius 3 is 2.50 bits per heavy atom. The van der Waals surface area contributed by atoms with Crippen LogP contribution in [0.25, 0.3) is 10.1 Å². The lowest BCUT2D eigenvalue weighted by Crippen LogP contribution is -2.58. The Morgan fingerprint density at radius 2 is 1.82 bits per heavy atom. The van der Waals surface area contributed by atoms with E-state index in [4.69, 9.17) is 14.5 Å². The maximum absolute atomic E-state index is 14.2. The smallest absolute Gasteiger partial charge is 0.380 e. The fraction of sp³-hybridized carbons (Fsp3) is 0.577. The van der Waals surface area contributed by atoms with Gasteiger partial charge in [-0.15, -0.1) is 11.3 Å². The molecule has 0 bridgehead atoms. The van der Waals surface area contributed by atoms with Crippen LogP contribution < -0.4 is 5.32 Å². The Hall–Kier alpha value is -2.44. The maximum atomic E-state index is 14.2. The minimum absolute atomic E-state index is 0.122. The van der Waals surface area contributed by atoms with Crippen LogP contribution in [0.1, 0.15) is 55.3 Å². The third-order valence-corrected chi connectivity index (χ3v) is 9.30. The molecule has 1 aromatic heterocycles. The molecule has 2 saturated heterocycles. The number of thiophene rings is 1. The van der Waals surface area contributed by atoms with Crippen molar-refractivity contribution < 1.29 is 42.3 Å². The molecular formula is C26H34F2N3O7PS. The molecule has 0 aliphatic carbocycles. The van der Waals surface area contributed by atoms with Crippen LogP contribution in [0.3, 0.4) is 0 Å². The fourth-order valence-electron chi connectivity index (χ4n) is 4.99. The summed E-state index contributed by atoms with van der Waals surface area (Å²) in [4.78, 5) is 62.0. The summed E-state index contributed by atoms with van der Waals surface area (Å²) in [5, 5.41) is 3.01. The molecule has 220 valence electrons. The molecule has 1 aromatic carbocycles. The van der Waals surface area contributed by atoms with Gasteiger partial charge in [0.15, 0.2) is 0 Å². The normalized spacial score (nSPS) is 19.9. The largest absolute Gasteiger partial charge is 0.399 e. The van der Waals surface area contributed by atoms with Crippen molar-refractivity contribution in [2.24, 2.45) is 5.41 Å². The Kier molecular flexibility index (Phi) is 8.73. The van der Waals surface area contributed by atoms with Crippen LogP contribution in [-0.4, -0.2) is 82.2 Å². The molecule has 2 aliphatic heterocycles. The average molecular weight is 602 g/mol. The van der Waals surface area contributed by atoms with Crippen LogP contribution in [-0.2, 0) is 24.6 Å². The lowest BCUT2D eigenvalue weighted by molar-refractivity contribution is -0.146. The third-order valence-electron chi connectivity index (χ3n) is 7.20. The first-order valence-corrected chi connectivity index (χ1v) is 15.5. The number of nitrogens with one attached hydrogen (secondary N) is 1. The molecule has 0 radical (unpaired) electrons. The second-order valence-corrected chi connectivity index (χ2v) is 13.9. The zero-order valence-corrected chi connectivity index (χ0v) is 24.3. The van der Waals surface area contributed by atoms with Gasteiger partial charge in [0.05, 0.1) is 11.5 Å². The molecule has 3 heterocycles. The van der Waals surface area contributed by atoms with Crippen LogP contribution in [0, 0.1) is 5.41 Å². The highest BCUT2D eigenvalue weighted by Gasteiger charge is 2.50. The number of ether oxygens (including phenoxy) is 1. The fourth-order valence-corrected chi connectivity index (χ4v) is 6.41. The van der Waals surface area contributed by atoms with E-state index >= 15 is 0 Å². The summed E-state index contributed by atoms with van der Waals surface area (Å²) < 4.78 is 45.6. The van der Waals surface area contributed by atoms with Crippen molar-refractivity contribution in [1.82, 2.24) is 15.1 Å². The molecule has 2 aliphatic rings. The van der Waals surface area contributed by atoms with E-state index in [-0.39, 0.29) is 22.1 Å². The van der Waals surface area contributed by atoms with E-state index in [0.717, 1.165) is 29.9 Å². The molecule has 3 amide bonds. The number of likely N-dealkylation sites (tertiary alicyclic amines) is 1. The third kappa shape index (κ3) is 6.23. The maximum Gasteiger partial charge on any atom is 0.399 e. The number of hydrogen-bond acceptors (Lipinski definition) is 6. The lowest BCUT2D eigenvalue weighted by Gasteiger charge is -2.36. The van der Waals surface area contributed by atoms with E-state index < -0.39 is 42.2 Å². The van der Waals surface area contributed by atoms with Gasteiger partial charge in [-0.25, -0.2) is 0 Å². The van der Waals surface area contributed by atoms with Gasteiger partial charge in [-0.3, -0.25) is 18.9 Å². The molecular weight excluding hydrogens is 567 g/mol. The zero-order valence-electron chi connectivity index (χ0n) is 22.6. The quantitative estimate of drug-likeness (QED) is 0.431. The van der Waals surface area contributed by atoms with Crippen LogP contribution in [0.4, 0.5) is 8.78 Å². The van der Waals surface area contributed by atoms with E-state index in [9.17, 15) is 27.7 Å². The molecule has 2 atom stereocenters. The number of carbonyl (C=O) groups excluding carboxylic acids is 3. The van der Waals surface area contributed by atoms with Gasteiger partial charge in [0.1, 0.15) is 12.1 Å². The van der Waals surface area contributed by atoms with Gasteiger partial charge < -0.3 is 29.6 Å². The number of benzene rings is 1. The van der Waals surface area contributed by atoms with Gasteiger partial charge in [-0.05, 0) is 48.3 Å². The SMILES string of the molecule is CC(C)(C)C(NC(=O)c1cc2cc(C(F)(F)P(=O)(O)O)ccc2s1)C(=O)N1CCC[C@H]1C(=O)N1CCCOCC1. The topological polar surface area (TPSA) is 136 Å². The molecule has 1 unspecified atom stereocenters. The number of nitrogens with zero attached hydrogens (tertiary/aromatic N) is 2. The highest BCUT2D eigenvalue weighted by Crippen LogP contribution is 2.59. The molecule has 14 heteroatoms. The number of carbonyl (C=O) groups is 3. The van der Waals surface area contributed by atoms with Crippen molar-refractivity contribution in [1.29, 1.82) is 0 Å². The van der Waals surface area contributed by atoms with Crippen LogP contribution >= 0.6 is 18.9 Å². The van der Waals surface area contributed by atoms with Crippen molar-refractivity contribution in [3.8, 4) is 0 Å². The zero-order chi connectivity index (χ0) is 29.5. The molecule has 2 fully saturated rings. The molecule has 3 N–H and O–H groups in total. The standard InChI is InChI=1S/C26H34F2N3O7PS/c1-25(2,3)21(24(34)31-10-4-6-18(31)23(33)30-9-5-12-38-13-11-30)29-22(32)20-15-16-14-17(7-8-19(16)40-20)26(27,28)39(35,36)37/h7-8,14-15,18,21H,4-6,9-13H2,1-3H3,(H,29,32)(H2,35,36,37)/t18-,21?/m0/s1. The van der Waals surface area contributed by atoms with E-state index in [0.29, 0.717) is 50.4 Å². The second kappa shape index (κ2) is 11.4. The van der Waals surface area contributed by atoms with Crippen LogP contribution in [0.15, 0.2) is 24.3 Å². The number of rotatable bonds is 6. The summed E-state index contributed by atoms with van der Waals surface area (Å²) in [5.41, 5.74) is -5.95. The first-order valence-electron chi connectivity index (χ1n) is 13.1. The summed E-state index contributed by atoms with van der Waals surface area (Å²) in [7, 11) is -5.75. The van der Waals surface area contributed by atoms with E-state index in [1.54, 1.807) is 30.6 Å². The van der Waals surface area contributed by atoms with Gasteiger partial charge in [0.25, 0.3) is 5.91 Å². The molecule has 0 saturated carbocycles. The van der Waals surface area contributed by atoms with Gasteiger partial charge >= 0.3 is 13.3 Å². The Morgan fingerprint density at radius 1 is 1.10 bits per heavy atom. The number of fused-ring (bicyclic) bond motifs is 1. The van der Waals surface area contributed by atoms with Gasteiger partial charge in [0.2, 0.25) is 11.8 Å². The Labute approximate surface area is 234 Å².